The van der Waals surface area contributed by atoms with Gasteiger partial charge in [-0.2, -0.15) is 9.77 Å². The summed E-state index contributed by atoms with van der Waals surface area (Å²) in [5.41, 5.74) is 1.58. The largest absolute Gasteiger partial charge is 0.424 e. The molecule has 0 atom stereocenters. The van der Waals surface area contributed by atoms with Crippen molar-refractivity contribution >= 4 is 0 Å². The zero-order valence-corrected chi connectivity index (χ0v) is 18.3. The average Bonchev–Trinajstić information content (AvgIpc) is 3.10. The van der Waals surface area contributed by atoms with Crippen molar-refractivity contribution in [2.75, 3.05) is 31.3 Å². The predicted molar refractivity (Wildman–Crippen MR) is 121 cm³/mol. The highest BCUT2D eigenvalue weighted by Crippen LogP contribution is 2.30. The number of nitrogens with zero attached hydrogens (tertiary/aromatic N) is 5. The molecular weight excluding hydrogens is 444 g/mol. The lowest BCUT2D eigenvalue weighted by Gasteiger charge is -2.30. The lowest BCUT2D eigenvalue weighted by Crippen LogP contribution is -2.50. The van der Waals surface area contributed by atoms with Crippen molar-refractivity contribution in [3.8, 4) is 34.3 Å². The van der Waals surface area contributed by atoms with Crippen LogP contribution in [-0.2, 0) is 11.8 Å². The summed E-state index contributed by atoms with van der Waals surface area (Å²) in [6, 6.07) is 13.0. The molecule has 10 heteroatoms. The molecule has 4 aromatic rings. The van der Waals surface area contributed by atoms with Crippen LogP contribution in [0.2, 0.25) is 0 Å². The molecule has 0 radical (unpaired) electrons. The first-order chi connectivity index (χ1) is 16.5. The molecule has 0 N–H and O–H groups in total. The van der Waals surface area contributed by atoms with Crippen LogP contribution in [0.25, 0.3) is 22.5 Å². The van der Waals surface area contributed by atoms with E-state index in [1.165, 1.54) is 36.5 Å². The number of halogens is 2. The van der Waals surface area contributed by atoms with Gasteiger partial charge < -0.3 is 9.47 Å². The first-order valence-electron chi connectivity index (χ1n) is 10.7. The van der Waals surface area contributed by atoms with Gasteiger partial charge >= 0.3 is 6.01 Å². The zero-order chi connectivity index (χ0) is 23.7. The maximum atomic E-state index is 13.6. The number of aromatic nitrogens is 4. The Hall–Kier alpha value is -4.05. The molecule has 1 aliphatic heterocycles. The van der Waals surface area contributed by atoms with Crippen LogP contribution in [0.15, 0.2) is 65.6 Å². The number of benzene rings is 2. The summed E-state index contributed by atoms with van der Waals surface area (Å²) in [5, 5.41) is 1.90. The first-order valence-corrected chi connectivity index (χ1v) is 10.7. The van der Waals surface area contributed by atoms with Gasteiger partial charge in [-0.25, -0.2) is 13.8 Å². The quantitative estimate of drug-likeness (QED) is 0.450. The van der Waals surface area contributed by atoms with Gasteiger partial charge in [0, 0.05) is 19.3 Å². The lowest BCUT2D eigenvalue weighted by atomic mass is 10.0. The van der Waals surface area contributed by atoms with E-state index in [0.29, 0.717) is 48.8 Å². The average molecular weight is 465 g/mol. The normalized spacial score (nSPS) is 13.8. The molecule has 2 aromatic heterocycles. The van der Waals surface area contributed by atoms with Crippen LogP contribution in [0.5, 0.6) is 11.8 Å². The van der Waals surface area contributed by atoms with Crippen LogP contribution in [0, 0.1) is 11.6 Å². The molecule has 3 heterocycles. The Labute approximate surface area is 193 Å². The van der Waals surface area contributed by atoms with Gasteiger partial charge in [-0.15, -0.1) is 0 Å². The molecule has 0 amide bonds. The highest BCUT2D eigenvalue weighted by atomic mass is 19.1. The fraction of sp³-hybridized carbons (Fsp3) is 0.208. The molecule has 5 rings (SSSR count). The number of hydrogen-bond acceptors (Lipinski definition) is 6. The first kappa shape index (κ1) is 21.8. The van der Waals surface area contributed by atoms with Crippen molar-refractivity contribution < 1.29 is 18.3 Å². The topological polar surface area (TPSA) is 74.4 Å². The van der Waals surface area contributed by atoms with Gasteiger partial charge in [0.25, 0.3) is 5.56 Å². The van der Waals surface area contributed by atoms with Gasteiger partial charge in [0.1, 0.15) is 17.4 Å². The van der Waals surface area contributed by atoms with E-state index < -0.39 is 11.6 Å². The van der Waals surface area contributed by atoms with E-state index >= 15 is 0 Å². The standard InChI is InChI=1S/C24H21F2N5O3/c1-29-22(20-9-10-27-24(28-20)34-19-4-2-3-18(26)15-19)21(16-5-7-17(25)8-6-16)23(32)31(29)30-11-13-33-14-12-30/h2-10,15H,11-14H2,1H3. The maximum Gasteiger partial charge on any atom is 0.322 e. The molecule has 0 bridgehead atoms. The van der Waals surface area contributed by atoms with Crippen molar-refractivity contribution in [3.05, 3.63) is 82.8 Å². The maximum absolute atomic E-state index is 13.6. The van der Waals surface area contributed by atoms with Gasteiger partial charge in [0.05, 0.1) is 43.3 Å². The van der Waals surface area contributed by atoms with Gasteiger partial charge in [0.2, 0.25) is 0 Å². The highest BCUT2D eigenvalue weighted by Gasteiger charge is 2.26. The lowest BCUT2D eigenvalue weighted by molar-refractivity contribution is 0.106. The zero-order valence-electron chi connectivity index (χ0n) is 18.3. The second kappa shape index (κ2) is 9.06. The monoisotopic (exact) mass is 465 g/mol. The SMILES string of the molecule is Cn1c(-c2ccnc(Oc3cccc(F)c3)n2)c(-c2ccc(F)cc2)c(=O)n1N1CCOCC1. The number of ether oxygens (including phenoxy) is 2. The van der Waals surface area contributed by atoms with Crippen LogP contribution < -0.4 is 15.3 Å². The van der Waals surface area contributed by atoms with E-state index in [4.69, 9.17) is 9.47 Å². The molecule has 8 nitrogen and oxygen atoms in total. The van der Waals surface area contributed by atoms with Crippen molar-refractivity contribution in [3.63, 3.8) is 0 Å². The Kier molecular flexibility index (Phi) is 5.81. The van der Waals surface area contributed by atoms with Crippen molar-refractivity contribution in [2.45, 2.75) is 0 Å². The fourth-order valence-electron chi connectivity index (χ4n) is 3.98. The van der Waals surface area contributed by atoms with E-state index in [2.05, 4.69) is 9.97 Å². The van der Waals surface area contributed by atoms with Crippen molar-refractivity contribution in [1.82, 2.24) is 19.4 Å². The molecule has 1 saturated heterocycles. The molecule has 1 aliphatic rings. The molecule has 2 aromatic carbocycles. The van der Waals surface area contributed by atoms with Gasteiger partial charge in [-0.3, -0.25) is 14.5 Å². The Morgan fingerprint density at radius 1 is 1.00 bits per heavy atom. The molecule has 34 heavy (non-hydrogen) atoms. The third-order valence-corrected chi connectivity index (χ3v) is 5.51. The summed E-state index contributed by atoms with van der Waals surface area (Å²) in [6.45, 7) is 2.07. The molecule has 1 fully saturated rings. The summed E-state index contributed by atoms with van der Waals surface area (Å²) < 4.78 is 40.0. The Balaban J connectivity index is 1.64. The van der Waals surface area contributed by atoms with Gasteiger partial charge in [-0.1, -0.05) is 18.2 Å². The molecule has 0 aliphatic carbocycles. The minimum atomic E-state index is -0.447. The van der Waals surface area contributed by atoms with Crippen LogP contribution in [0.1, 0.15) is 0 Å². The molecule has 0 unspecified atom stereocenters. The van der Waals surface area contributed by atoms with Gasteiger partial charge in [-0.05, 0) is 35.9 Å². The number of rotatable bonds is 5. The summed E-state index contributed by atoms with van der Waals surface area (Å²) in [7, 11) is 1.76. The smallest absolute Gasteiger partial charge is 0.322 e. The van der Waals surface area contributed by atoms with E-state index in [9.17, 15) is 13.6 Å². The highest BCUT2D eigenvalue weighted by molar-refractivity contribution is 5.79. The van der Waals surface area contributed by atoms with E-state index in [-0.39, 0.29) is 17.3 Å². The van der Waals surface area contributed by atoms with Crippen molar-refractivity contribution in [1.29, 1.82) is 0 Å². The Bertz CT molecular complexity index is 1380. The van der Waals surface area contributed by atoms with E-state index in [1.807, 2.05) is 5.01 Å². The number of hydrogen-bond donors (Lipinski definition) is 0. The molecule has 174 valence electrons. The Morgan fingerprint density at radius 3 is 2.50 bits per heavy atom. The summed E-state index contributed by atoms with van der Waals surface area (Å²) in [5.74, 6) is -0.601. The number of morpholine rings is 1. The fourth-order valence-corrected chi connectivity index (χ4v) is 3.98. The molecular formula is C24H21F2N5O3. The van der Waals surface area contributed by atoms with Crippen LogP contribution >= 0.6 is 0 Å². The minimum absolute atomic E-state index is 0.000252. The minimum Gasteiger partial charge on any atom is -0.424 e. The third-order valence-electron chi connectivity index (χ3n) is 5.51. The Morgan fingerprint density at radius 2 is 1.76 bits per heavy atom. The van der Waals surface area contributed by atoms with Gasteiger partial charge in [0.15, 0.2) is 0 Å². The van der Waals surface area contributed by atoms with Crippen LogP contribution in [0.4, 0.5) is 8.78 Å². The van der Waals surface area contributed by atoms with Crippen LogP contribution in [-0.4, -0.2) is 45.7 Å². The van der Waals surface area contributed by atoms with Crippen LogP contribution in [0.3, 0.4) is 0 Å². The van der Waals surface area contributed by atoms with E-state index in [0.717, 1.165) is 0 Å². The second-order valence-corrected chi connectivity index (χ2v) is 7.70. The third kappa shape index (κ3) is 4.15. The summed E-state index contributed by atoms with van der Waals surface area (Å²) in [4.78, 5) is 23.8. The summed E-state index contributed by atoms with van der Waals surface area (Å²) in [6.07, 6.45) is 1.50. The second-order valence-electron chi connectivity index (χ2n) is 7.70. The molecule has 0 spiro atoms. The summed E-state index contributed by atoms with van der Waals surface area (Å²) >= 11 is 0. The van der Waals surface area contributed by atoms with E-state index in [1.54, 1.807) is 40.8 Å². The molecule has 0 saturated carbocycles. The predicted octanol–water partition coefficient (Wildman–Crippen LogP) is 3.35. The van der Waals surface area contributed by atoms with Crippen molar-refractivity contribution in [2.24, 2.45) is 7.05 Å².